The van der Waals surface area contributed by atoms with Gasteiger partial charge in [0.2, 0.25) is 0 Å². The zero-order valence-electron chi connectivity index (χ0n) is 10.7. The molecule has 1 heteroatoms. The molecule has 3 unspecified atom stereocenters. The second kappa shape index (κ2) is 4.69. The summed E-state index contributed by atoms with van der Waals surface area (Å²) in [4.78, 5) is 0. The van der Waals surface area contributed by atoms with Crippen LogP contribution >= 0.6 is 0 Å². The van der Waals surface area contributed by atoms with Gasteiger partial charge >= 0.3 is 0 Å². The monoisotopic (exact) mass is 210 g/mol. The van der Waals surface area contributed by atoms with Gasteiger partial charge < -0.3 is 5.11 Å². The summed E-state index contributed by atoms with van der Waals surface area (Å²) in [5, 5.41) is 10.1. The Bertz CT molecular complexity index is 231. The van der Waals surface area contributed by atoms with E-state index in [9.17, 15) is 5.11 Å². The average molecular weight is 210 g/mol. The second-order valence-corrected chi connectivity index (χ2v) is 6.17. The molecule has 0 aliphatic heterocycles. The van der Waals surface area contributed by atoms with Crippen molar-refractivity contribution >= 4 is 0 Å². The first-order chi connectivity index (χ1) is 6.84. The van der Waals surface area contributed by atoms with Crippen LogP contribution in [0.25, 0.3) is 0 Å². The predicted molar refractivity (Wildman–Crippen MR) is 65.7 cm³/mol. The van der Waals surface area contributed by atoms with Crippen LogP contribution < -0.4 is 0 Å². The Labute approximate surface area is 94.6 Å². The summed E-state index contributed by atoms with van der Waals surface area (Å²) < 4.78 is 0. The molecule has 0 radical (unpaired) electrons. The second-order valence-electron chi connectivity index (χ2n) is 6.17. The van der Waals surface area contributed by atoms with Crippen LogP contribution in [0.4, 0.5) is 0 Å². The molecule has 0 heterocycles. The fourth-order valence-electron chi connectivity index (χ4n) is 3.19. The van der Waals surface area contributed by atoms with Gasteiger partial charge in [0.05, 0.1) is 6.10 Å². The fourth-order valence-corrected chi connectivity index (χ4v) is 3.19. The number of hydrogen-bond donors (Lipinski definition) is 1. The quantitative estimate of drug-likeness (QED) is 0.703. The van der Waals surface area contributed by atoms with Crippen LogP contribution in [-0.4, -0.2) is 11.2 Å². The maximum Gasteiger partial charge on any atom is 0.0610 e. The van der Waals surface area contributed by atoms with Crippen LogP contribution in [-0.2, 0) is 0 Å². The summed E-state index contributed by atoms with van der Waals surface area (Å²) in [5.74, 6) is 1.06. The predicted octanol–water partition coefficient (Wildman–Crippen LogP) is 3.78. The third-order valence-corrected chi connectivity index (χ3v) is 3.76. The molecule has 1 aliphatic carbocycles. The van der Waals surface area contributed by atoms with Gasteiger partial charge in [-0.15, -0.1) is 0 Å². The molecule has 0 aromatic heterocycles. The first-order valence-corrected chi connectivity index (χ1v) is 6.17. The van der Waals surface area contributed by atoms with Crippen LogP contribution in [0.2, 0.25) is 0 Å². The lowest BCUT2D eigenvalue weighted by Crippen LogP contribution is -2.36. The van der Waals surface area contributed by atoms with Gasteiger partial charge in [0.1, 0.15) is 0 Å². The Morgan fingerprint density at radius 2 is 2.13 bits per heavy atom. The van der Waals surface area contributed by atoms with Crippen LogP contribution in [0, 0.1) is 17.3 Å². The highest BCUT2D eigenvalue weighted by Gasteiger charge is 2.37. The fraction of sp³-hybridized carbons (Fsp3) is 0.857. The molecule has 1 rings (SSSR count). The zero-order chi connectivity index (χ0) is 11.6. The molecule has 0 aromatic rings. The van der Waals surface area contributed by atoms with E-state index >= 15 is 0 Å². The molecule has 1 N–H and O–H groups in total. The molecule has 0 spiro atoms. The SMILES string of the molecule is C=C(C)C1CCC(C)(CC(C)C)CC1O. The van der Waals surface area contributed by atoms with E-state index in [1.807, 2.05) is 6.92 Å². The van der Waals surface area contributed by atoms with Crippen molar-refractivity contribution in [3.05, 3.63) is 12.2 Å². The van der Waals surface area contributed by atoms with Gasteiger partial charge in [-0.05, 0) is 43.9 Å². The van der Waals surface area contributed by atoms with Crippen molar-refractivity contribution in [1.82, 2.24) is 0 Å². The van der Waals surface area contributed by atoms with Gasteiger partial charge in [-0.3, -0.25) is 0 Å². The molecule has 0 saturated heterocycles. The Hall–Kier alpha value is -0.300. The van der Waals surface area contributed by atoms with E-state index in [0.29, 0.717) is 11.3 Å². The van der Waals surface area contributed by atoms with Crippen molar-refractivity contribution in [2.45, 2.75) is 59.5 Å². The summed E-state index contributed by atoms with van der Waals surface area (Å²) in [6.07, 6.45) is 4.36. The molecule has 88 valence electrons. The zero-order valence-corrected chi connectivity index (χ0v) is 10.7. The molecule has 0 bridgehead atoms. The highest BCUT2D eigenvalue weighted by atomic mass is 16.3. The molecule has 1 saturated carbocycles. The highest BCUT2D eigenvalue weighted by Crippen LogP contribution is 2.44. The summed E-state index contributed by atoms with van der Waals surface area (Å²) in [6.45, 7) is 12.9. The van der Waals surface area contributed by atoms with Gasteiger partial charge in [0.15, 0.2) is 0 Å². The van der Waals surface area contributed by atoms with Gasteiger partial charge in [-0.25, -0.2) is 0 Å². The molecule has 1 aliphatic rings. The molecule has 1 nitrogen and oxygen atoms in total. The molecule has 0 amide bonds. The lowest BCUT2D eigenvalue weighted by molar-refractivity contribution is 0.0128. The Kier molecular flexibility index (Phi) is 3.99. The van der Waals surface area contributed by atoms with E-state index in [-0.39, 0.29) is 6.10 Å². The van der Waals surface area contributed by atoms with Crippen molar-refractivity contribution in [1.29, 1.82) is 0 Å². The van der Waals surface area contributed by atoms with Crippen molar-refractivity contribution in [2.75, 3.05) is 0 Å². The summed E-state index contributed by atoms with van der Waals surface area (Å²) in [6, 6.07) is 0. The van der Waals surface area contributed by atoms with Gasteiger partial charge in [0, 0.05) is 5.92 Å². The van der Waals surface area contributed by atoms with E-state index in [1.54, 1.807) is 0 Å². The Morgan fingerprint density at radius 1 is 1.53 bits per heavy atom. The van der Waals surface area contributed by atoms with Crippen LogP contribution in [0.1, 0.15) is 53.4 Å². The average Bonchev–Trinajstić information content (AvgIpc) is 1.99. The third-order valence-electron chi connectivity index (χ3n) is 3.76. The number of aliphatic hydroxyl groups is 1. The van der Waals surface area contributed by atoms with E-state index < -0.39 is 0 Å². The van der Waals surface area contributed by atoms with Crippen molar-refractivity contribution in [3.63, 3.8) is 0 Å². The van der Waals surface area contributed by atoms with E-state index in [1.165, 1.54) is 12.8 Å². The van der Waals surface area contributed by atoms with E-state index in [2.05, 4.69) is 27.4 Å². The van der Waals surface area contributed by atoms with Gasteiger partial charge in [0.25, 0.3) is 0 Å². The molecule has 15 heavy (non-hydrogen) atoms. The van der Waals surface area contributed by atoms with Crippen LogP contribution in [0.15, 0.2) is 12.2 Å². The smallest absolute Gasteiger partial charge is 0.0610 e. The minimum atomic E-state index is -0.167. The Balaban J connectivity index is 2.60. The van der Waals surface area contributed by atoms with E-state index in [4.69, 9.17) is 0 Å². The lowest BCUT2D eigenvalue weighted by Gasteiger charge is -2.42. The number of rotatable bonds is 3. The minimum absolute atomic E-state index is 0.167. The molecule has 0 aromatic carbocycles. The number of aliphatic hydroxyl groups excluding tert-OH is 1. The largest absolute Gasteiger partial charge is 0.392 e. The molecule has 1 fully saturated rings. The summed E-state index contributed by atoms with van der Waals surface area (Å²) in [7, 11) is 0. The highest BCUT2D eigenvalue weighted by molar-refractivity contribution is 5.03. The normalized spacial score (nSPS) is 36.9. The van der Waals surface area contributed by atoms with Crippen molar-refractivity contribution < 1.29 is 5.11 Å². The van der Waals surface area contributed by atoms with Crippen LogP contribution in [0.3, 0.4) is 0 Å². The van der Waals surface area contributed by atoms with Crippen molar-refractivity contribution in [2.24, 2.45) is 17.3 Å². The topological polar surface area (TPSA) is 20.2 Å². The van der Waals surface area contributed by atoms with Crippen LogP contribution in [0.5, 0.6) is 0 Å². The van der Waals surface area contributed by atoms with Crippen molar-refractivity contribution in [3.8, 4) is 0 Å². The summed E-state index contributed by atoms with van der Waals surface area (Å²) >= 11 is 0. The Morgan fingerprint density at radius 3 is 2.53 bits per heavy atom. The van der Waals surface area contributed by atoms with Gasteiger partial charge in [-0.2, -0.15) is 0 Å². The number of hydrogen-bond acceptors (Lipinski definition) is 1. The third kappa shape index (κ3) is 3.34. The molecular formula is C14H26O. The summed E-state index contributed by atoms with van der Waals surface area (Å²) in [5.41, 5.74) is 1.49. The first kappa shape index (κ1) is 12.8. The first-order valence-electron chi connectivity index (χ1n) is 6.17. The minimum Gasteiger partial charge on any atom is -0.392 e. The lowest BCUT2D eigenvalue weighted by atomic mass is 9.65. The maximum absolute atomic E-state index is 10.1. The maximum atomic E-state index is 10.1. The molecular weight excluding hydrogens is 184 g/mol. The van der Waals surface area contributed by atoms with E-state index in [0.717, 1.165) is 24.3 Å². The van der Waals surface area contributed by atoms with Gasteiger partial charge in [-0.1, -0.05) is 32.9 Å². The standard InChI is InChI=1S/C14H26O/c1-10(2)8-14(5)7-6-12(11(3)4)13(15)9-14/h10,12-13,15H,3,6-9H2,1-2,4-5H3. The molecule has 3 atom stereocenters.